The summed E-state index contributed by atoms with van der Waals surface area (Å²) < 4.78 is 46.7. The number of piperidine rings is 1. The summed E-state index contributed by atoms with van der Waals surface area (Å²) in [4.78, 5) is 27.8. The van der Waals surface area contributed by atoms with Crippen molar-refractivity contribution >= 4 is 11.8 Å². The van der Waals surface area contributed by atoms with Crippen molar-refractivity contribution in [2.24, 2.45) is 5.92 Å². The van der Waals surface area contributed by atoms with E-state index in [1.807, 2.05) is 0 Å². The Kier molecular flexibility index (Phi) is 5.32. The number of ether oxygens (including phenoxy) is 2. The highest BCUT2D eigenvalue weighted by molar-refractivity contribution is 5.81. The number of urea groups is 1. The van der Waals surface area contributed by atoms with Gasteiger partial charge in [0.05, 0.1) is 11.7 Å². The molecule has 160 valence electrons. The highest BCUT2D eigenvalue weighted by Gasteiger charge is 2.40. The molecule has 3 aliphatic heterocycles. The lowest BCUT2D eigenvalue weighted by Crippen LogP contribution is -2.58. The smallest absolute Gasteiger partial charge is 0.404 e. The monoisotopic (exact) mass is 423 g/mol. The van der Waals surface area contributed by atoms with Crippen LogP contribution in [0.5, 0.6) is 5.75 Å². The van der Waals surface area contributed by atoms with Gasteiger partial charge in [-0.3, -0.25) is 4.79 Å². The van der Waals surface area contributed by atoms with Gasteiger partial charge in [0.1, 0.15) is 18.4 Å². The Morgan fingerprint density at radius 3 is 2.70 bits per heavy atom. The van der Waals surface area contributed by atoms with Crippen molar-refractivity contribution in [2.45, 2.75) is 31.2 Å². The average Bonchev–Trinajstić information content (AvgIpc) is 2.66. The molecule has 1 aromatic carbocycles. The number of amides is 2. The highest BCUT2D eigenvalue weighted by atomic mass is 19.4. The molecule has 1 aromatic rings. The number of hydrogen-bond acceptors (Lipinski definition) is 5. The van der Waals surface area contributed by atoms with Crippen LogP contribution in [0.2, 0.25) is 0 Å². The number of halogens is 3. The van der Waals surface area contributed by atoms with Crippen LogP contribution in [0.1, 0.15) is 29.9 Å². The van der Waals surface area contributed by atoms with Crippen LogP contribution in [0.3, 0.4) is 0 Å². The molecule has 10 heteroatoms. The third kappa shape index (κ3) is 4.21. The second-order valence-corrected chi connectivity index (χ2v) is 7.89. The summed E-state index contributed by atoms with van der Waals surface area (Å²) in [6, 6.07) is 5.62. The predicted molar refractivity (Wildman–Crippen MR) is 96.6 cm³/mol. The van der Waals surface area contributed by atoms with Crippen molar-refractivity contribution in [1.82, 2.24) is 9.80 Å². The Balaban J connectivity index is 1.35. The molecule has 0 bridgehead atoms. The Labute approximate surface area is 170 Å². The minimum Gasteiger partial charge on any atom is -0.404 e. The zero-order valence-corrected chi connectivity index (χ0v) is 16.0. The first-order chi connectivity index (χ1) is 14.2. The molecule has 0 aliphatic carbocycles. The lowest BCUT2D eigenvalue weighted by atomic mass is 9.87. The van der Waals surface area contributed by atoms with Gasteiger partial charge >= 0.3 is 12.4 Å². The van der Waals surface area contributed by atoms with Gasteiger partial charge in [-0.25, -0.2) is 4.79 Å². The lowest BCUT2D eigenvalue weighted by molar-refractivity contribution is -0.274. The molecule has 0 radical (unpaired) electrons. The number of carbonyl (C=O) groups excluding carboxylic acids is 2. The van der Waals surface area contributed by atoms with E-state index < -0.39 is 12.1 Å². The molecule has 0 unspecified atom stereocenters. The largest absolute Gasteiger partial charge is 0.573 e. The summed E-state index contributed by atoms with van der Waals surface area (Å²) in [6.45, 7) is 2.04. The third-order valence-electron chi connectivity index (χ3n) is 5.86. The molecule has 0 spiro atoms. The maximum absolute atomic E-state index is 12.8. The van der Waals surface area contributed by atoms with Gasteiger partial charge < -0.3 is 19.3 Å². The molecule has 0 N–H and O–H groups in total. The van der Waals surface area contributed by atoms with Crippen molar-refractivity contribution in [3.63, 3.8) is 0 Å². The van der Waals surface area contributed by atoms with E-state index in [-0.39, 0.29) is 41.9 Å². The van der Waals surface area contributed by atoms with Crippen LogP contribution in [-0.2, 0) is 9.53 Å². The Morgan fingerprint density at radius 1 is 1.23 bits per heavy atom. The van der Waals surface area contributed by atoms with E-state index in [4.69, 9.17) is 10.00 Å². The Bertz CT molecular complexity index is 892. The molecule has 7 nitrogen and oxygen atoms in total. The van der Waals surface area contributed by atoms with Crippen molar-refractivity contribution in [3.8, 4) is 11.8 Å². The molecule has 3 saturated heterocycles. The van der Waals surface area contributed by atoms with Gasteiger partial charge in [-0.05, 0) is 24.1 Å². The number of carbonyl (C=O) groups is 2. The number of rotatable bonds is 2. The fourth-order valence-corrected chi connectivity index (χ4v) is 4.30. The normalized spacial score (nSPS) is 24.7. The molecule has 0 saturated carbocycles. The molecule has 30 heavy (non-hydrogen) atoms. The summed E-state index contributed by atoms with van der Waals surface area (Å²) in [7, 11) is 0. The Morgan fingerprint density at radius 2 is 2.00 bits per heavy atom. The first-order valence-electron chi connectivity index (χ1n) is 9.70. The summed E-state index contributed by atoms with van der Waals surface area (Å²) in [5.74, 6) is -0.507. The first kappa shape index (κ1) is 20.5. The number of Topliss-reactive ketones (excluding diaryl/α,β-unsaturated/α-hetero) is 1. The number of alkyl halides is 3. The van der Waals surface area contributed by atoms with Crippen molar-refractivity contribution in [3.05, 3.63) is 29.3 Å². The Hall–Kier alpha value is -2.80. The summed E-state index contributed by atoms with van der Waals surface area (Å²) in [5.41, 5.74) is 0.494. The van der Waals surface area contributed by atoms with Gasteiger partial charge in [0.15, 0.2) is 5.78 Å². The quantitative estimate of drug-likeness (QED) is 0.731. The van der Waals surface area contributed by atoms with Crippen molar-refractivity contribution in [1.29, 1.82) is 5.26 Å². The average molecular weight is 423 g/mol. The van der Waals surface area contributed by atoms with Gasteiger partial charge in [-0.15, -0.1) is 13.2 Å². The molecule has 3 aliphatic rings. The van der Waals surface area contributed by atoms with E-state index in [9.17, 15) is 22.8 Å². The maximum atomic E-state index is 12.8. The fraction of sp³-hybridized carbons (Fsp3) is 0.550. The maximum Gasteiger partial charge on any atom is 0.573 e. The summed E-state index contributed by atoms with van der Waals surface area (Å²) in [5, 5.41) is 9.13. The topological polar surface area (TPSA) is 82.9 Å². The molecular weight excluding hydrogens is 403 g/mol. The molecule has 4 rings (SSSR count). The third-order valence-corrected chi connectivity index (χ3v) is 5.86. The molecule has 2 amide bonds. The van der Waals surface area contributed by atoms with Crippen LogP contribution in [-0.4, -0.2) is 66.9 Å². The van der Waals surface area contributed by atoms with Crippen LogP contribution in [0, 0.1) is 17.2 Å². The second-order valence-electron chi connectivity index (χ2n) is 7.89. The van der Waals surface area contributed by atoms with E-state index in [1.165, 1.54) is 12.1 Å². The van der Waals surface area contributed by atoms with E-state index in [2.05, 4.69) is 4.74 Å². The fourth-order valence-electron chi connectivity index (χ4n) is 4.30. The van der Waals surface area contributed by atoms with Gasteiger partial charge in [0, 0.05) is 44.4 Å². The summed E-state index contributed by atoms with van der Waals surface area (Å²) in [6.07, 6.45) is -3.71. The molecular formula is C20H20F3N3O4. The molecule has 3 heterocycles. The summed E-state index contributed by atoms with van der Waals surface area (Å²) >= 11 is 0. The number of fused-ring (bicyclic) bond motifs is 1. The zero-order chi connectivity index (χ0) is 21.5. The zero-order valence-electron chi connectivity index (χ0n) is 16.0. The number of likely N-dealkylation sites (tertiary alicyclic amines) is 2. The standard InChI is InChI=1S/C20H20F3N3O4/c21-20(22,23)30-18-2-1-12(5-13(18)7-24)15-9-26(10-15)19(28)25-4-3-17-14(8-25)6-16(27)11-29-17/h1-2,5,14-15,17H,3-4,6,8-11H2/t14-,17+/m1/s1. The minimum absolute atomic E-state index is 0.0257. The van der Waals surface area contributed by atoms with Gasteiger partial charge in [0.2, 0.25) is 0 Å². The number of benzene rings is 1. The van der Waals surface area contributed by atoms with Gasteiger partial charge in [-0.1, -0.05) is 6.07 Å². The van der Waals surface area contributed by atoms with E-state index in [1.54, 1.807) is 15.9 Å². The predicted octanol–water partition coefficient (Wildman–Crippen LogP) is 2.66. The second kappa shape index (κ2) is 7.80. The van der Waals surface area contributed by atoms with Crippen LogP contribution in [0.25, 0.3) is 0 Å². The van der Waals surface area contributed by atoms with Crippen LogP contribution in [0.15, 0.2) is 18.2 Å². The lowest BCUT2D eigenvalue weighted by Gasteiger charge is -2.46. The highest BCUT2D eigenvalue weighted by Crippen LogP contribution is 2.34. The van der Waals surface area contributed by atoms with Crippen LogP contribution >= 0.6 is 0 Å². The molecule has 3 fully saturated rings. The number of nitrogens with zero attached hydrogens (tertiary/aromatic N) is 3. The van der Waals surface area contributed by atoms with E-state index >= 15 is 0 Å². The number of nitriles is 1. The van der Waals surface area contributed by atoms with Crippen LogP contribution in [0.4, 0.5) is 18.0 Å². The molecule has 2 atom stereocenters. The number of hydrogen-bond donors (Lipinski definition) is 0. The first-order valence-corrected chi connectivity index (χ1v) is 9.70. The van der Waals surface area contributed by atoms with Gasteiger partial charge in [-0.2, -0.15) is 5.26 Å². The van der Waals surface area contributed by atoms with E-state index in [0.717, 1.165) is 6.07 Å². The number of ketones is 1. The van der Waals surface area contributed by atoms with E-state index in [0.29, 0.717) is 44.6 Å². The minimum atomic E-state index is -4.87. The SMILES string of the molecule is N#Cc1cc(C2CN(C(=O)N3CC[C@@H]4OCC(=O)C[C@@H]4C3)C2)ccc1OC(F)(F)F. The van der Waals surface area contributed by atoms with Crippen molar-refractivity contribution in [2.75, 3.05) is 32.8 Å². The molecule has 0 aromatic heterocycles. The van der Waals surface area contributed by atoms with Crippen LogP contribution < -0.4 is 4.74 Å². The van der Waals surface area contributed by atoms with Crippen molar-refractivity contribution < 1.29 is 32.2 Å². The van der Waals surface area contributed by atoms with Gasteiger partial charge in [0.25, 0.3) is 0 Å².